The first kappa shape index (κ1) is 11.9. The molecule has 3 N–H and O–H groups in total. The van der Waals surface area contributed by atoms with E-state index in [2.05, 4.69) is 0 Å². The molecular weight excluding hydrogens is 170 g/mol. The zero-order chi connectivity index (χ0) is 10.5. The van der Waals surface area contributed by atoms with E-state index >= 15 is 0 Å². The van der Waals surface area contributed by atoms with Crippen molar-refractivity contribution in [3.8, 4) is 0 Å². The summed E-state index contributed by atoms with van der Waals surface area (Å²) in [6.45, 7) is 3.33. The van der Waals surface area contributed by atoms with E-state index in [1.807, 2.05) is 6.92 Å². The molecule has 0 aromatic rings. The lowest BCUT2D eigenvalue weighted by Crippen LogP contribution is -2.49. The van der Waals surface area contributed by atoms with Gasteiger partial charge in [0, 0.05) is 5.57 Å². The van der Waals surface area contributed by atoms with E-state index in [9.17, 15) is 9.59 Å². The molecule has 74 valence electrons. The molecule has 0 aliphatic rings. The van der Waals surface area contributed by atoms with Crippen molar-refractivity contribution < 1.29 is 14.7 Å². The van der Waals surface area contributed by atoms with E-state index in [1.54, 1.807) is 5.94 Å². The molecular formula is C9H15NO3. The summed E-state index contributed by atoms with van der Waals surface area (Å²) >= 11 is 0. The maximum Gasteiger partial charge on any atom is 0.328 e. The molecule has 0 bridgehead atoms. The predicted molar refractivity (Wildman–Crippen MR) is 49.0 cm³/mol. The Balaban J connectivity index is 4.73. The minimum atomic E-state index is -1.53. The highest BCUT2D eigenvalue weighted by atomic mass is 16.4. The fourth-order valence-electron chi connectivity index (χ4n) is 1.00. The zero-order valence-electron chi connectivity index (χ0n) is 7.96. The number of carboxylic acid groups (broad SMARTS) is 1. The first-order valence-electron chi connectivity index (χ1n) is 4.23. The van der Waals surface area contributed by atoms with Crippen LogP contribution in [0, 0.1) is 0 Å². The van der Waals surface area contributed by atoms with Crippen molar-refractivity contribution in [1.29, 1.82) is 0 Å². The summed E-state index contributed by atoms with van der Waals surface area (Å²) in [4.78, 5) is 21.1. The van der Waals surface area contributed by atoms with Crippen LogP contribution < -0.4 is 5.73 Å². The number of hydrogen-bond donors (Lipinski definition) is 2. The quantitative estimate of drug-likeness (QED) is 0.619. The molecule has 0 rings (SSSR count). The molecule has 4 heteroatoms. The average molecular weight is 185 g/mol. The van der Waals surface area contributed by atoms with E-state index < -0.39 is 11.5 Å². The van der Waals surface area contributed by atoms with Gasteiger partial charge in [-0.3, -0.25) is 0 Å². The fraction of sp³-hybridized carbons (Fsp3) is 0.667. The smallest absolute Gasteiger partial charge is 0.328 e. The Labute approximate surface area is 77.4 Å². The maximum atomic E-state index is 10.8. The van der Waals surface area contributed by atoms with Gasteiger partial charge in [-0.2, -0.15) is 0 Å². The minimum absolute atomic E-state index is 0.0495. The van der Waals surface area contributed by atoms with E-state index in [1.165, 1.54) is 6.92 Å². The van der Waals surface area contributed by atoms with Crippen LogP contribution in [-0.2, 0) is 9.59 Å². The molecule has 0 aromatic carbocycles. The largest absolute Gasteiger partial charge is 0.480 e. The second kappa shape index (κ2) is 4.80. The fourth-order valence-corrected chi connectivity index (χ4v) is 1.00. The Kier molecular flexibility index (Phi) is 4.38. The van der Waals surface area contributed by atoms with Crippen LogP contribution in [0.5, 0.6) is 0 Å². The van der Waals surface area contributed by atoms with Gasteiger partial charge in [-0.25, -0.2) is 9.59 Å². The van der Waals surface area contributed by atoms with E-state index in [0.29, 0.717) is 6.42 Å². The van der Waals surface area contributed by atoms with Crippen molar-refractivity contribution >= 4 is 11.9 Å². The Morgan fingerprint density at radius 1 is 1.62 bits per heavy atom. The van der Waals surface area contributed by atoms with Gasteiger partial charge in [0.1, 0.15) is 11.5 Å². The number of hydrogen-bond acceptors (Lipinski definition) is 3. The van der Waals surface area contributed by atoms with Crippen LogP contribution in [0.2, 0.25) is 0 Å². The van der Waals surface area contributed by atoms with Gasteiger partial charge in [0.2, 0.25) is 0 Å². The first-order valence-corrected chi connectivity index (χ1v) is 4.23. The third kappa shape index (κ3) is 2.68. The summed E-state index contributed by atoms with van der Waals surface area (Å²) in [6.07, 6.45) is 1.81. The molecule has 0 amide bonds. The SMILES string of the molecule is CCCCC(N)(C(=O)O)C(C)=C=O. The van der Waals surface area contributed by atoms with Crippen LogP contribution in [0.1, 0.15) is 33.1 Å². The molecule has 4 nitrogen and oxygen atoms in total. The van der Waals surface area contributed by atoms with Gasteiger partial charge in [0.05, 0.1) is 0 Å². The number of rotatable bonds is 5. The predicted octanol–water partition coefficient (Wildman–Crippen LogP) is 0.737. The molecule has 0 spiro atoms. The van der Waals surface area contributed by atoms with Crippen LogP contribution >= 0.6 is 0 Å². The summed E-state index contributed by atoms with van der Waals surface area (Å²) in [6, 6.07) is 0. The molecule has 1 unspecified atom stereocenters. The number of carbonyl (C=O) groups is 1. The monoisotopic (exact) mass is 185 g/mol. The number of carbonyl (C=O) groups excluding carboxylic acids is 1. The van der Waals surface area contributed by atoms with Gasteiger partial charge < -0.3 is 10.8 Å². The standard InChI is InChI=1S/C9H15NO3/c1-3-4-5-9(10,8(12)13)7(2)6-11/h3-5,10H2,1-2H3,(H,12,13). The van der Waals surface area contributed by atoms with Gasteiger partial charge in [-0.05, 0) is 13.3 Å². The summed E-state index contributed by atoms with van der Waals surface area (Å²) < 4.78 is 0. The van der Waals surface area contributed by atoms with Gasteiger partial charge in [0.25, 0.3) is 0 Å². The molecule has 0 fully saturated rings. The van der Waals surface area contributed by atoms with Gasteiger partial charge in [0.15, 0.2) is 0 Å². The van der Waals surface area contributed by atoms with Crippen LogP contribution in [0.25, 0.3) is 0 Å². The highest BCUT2D eigenvalue weighted by molar-refractivity contribution is 5.86. The molecule has 0 aliphatic carbocycles. The number of carboxylic acids is 1. The third-order valence-electron chi connectivity index (χ3n) is 2.13. The highest BCUT2D eigenvalue weighted by Crippen LogP contribution is 2.18. The van der Waals surface area contributed by atoms with Crippen molar-refractivity contribution in [3.63, 3.8) is 0 Å². The Morgan fingerprint density at radius 3 is 2.46 bits per heavy atom. The third-order valence-corrected chi connectivity index (χ3v) is 2.13. The summed E-state index contributed by atoms with van der Waals surface area (Å²) in [7, 11) is 0. The lowest BCUT2D eigenvalue weighted by atomic mass is 9.87. The van der Waals surface area contributed by atoms with Gasteiger partial charge in [-0.1, -0.05) is 19.8 Å². The number of aliphatic carboxylic acids is 1. The zero-order valence-corrected chi connectivity index (χ0v) is 7.96. The van der Waals surface area contributed by atoms with Crippen LogP contribution in [0.15, 0.2) is 5.57 Å². The molecule has 0 radical (unpaired) electrons. The number of unbranched alkanes of at least 4 members (excludes halogenated alkanes) is 1. The second-order valence-electron chi connectivity index (χ2n) is 3.11. The highest BCUT2D eigenvalue weighted by Gasteiger charge is 2.36. The van der Waals surface area contributed by atoms with Crippen molar-refractivity contribution in [3.05, 3.63) is 5.57 Å². The normalized spacial score (nSPS) is 14.4. The summed E-state index contributed by atoms with van der Waals surface area (Å²) in [5.41, 5.74) is 4.10. The Bertz CT molecular complexity index is 243. The molecule has 0 heterocycles. The van der Waals surface area contributed by atoms with Crippen molar-refractivity contribution in [2.75, 3.05) is 0 Å². The summed E-state index contributed by atoms with van der Waals surface area (Å²) in [5, 5.41) is 8.84. The van der Waals surface area contributed by atoms with Crippen LogP contribution in [-0.4, -0.2) is 22.6 Å². The minimum Gasteiger partial charge on any atom is -0.480 e. The molecule has 0 saturated heterocycles. The molecule has 0 aromatic heterocycles. The first-order chi connectivity index (χ1) is 5.99. The van der Waals surface area contributed by atoms with Gasteiger partial charge in [-0.15, -0.1) is 0 Å². The van der Waals surface area contributed by atoms with E-state index in [-0.39, 0.29) is 12.0 Å². The average Bonchev–Trinajstić information content (AvgIpc) is 2.12. The maximum absolute atomic E-state index is 10.8. The van der Waals surface area contributed by atoms with Crippen molar-refractivity contribution in [2.45, 2.75) is 38.6 Å². The molecule has 0 saturated carbocycles. The van der Waals surface area contributed by atoms with Gasteiger partial charge >= 0.3 is 5.97 Å². The molecule has 0 aliphatic heterocycles. The Hall–Kier alpha value is -1.12. The molecule has 13 heavy (non-hydrogen) atoms. The topological polar surface area (TPSA) is 80.4 Å². The lowest BCUT2D eigenvalue weighted by molar-refractivity contribution is -0.142. The second-order valence-corrected chi connectivity index (χ2v) is 3.11. The number of nitrogens with two attached hydrogens (primary N) is 1. The molecule has 1 atom stereocenters. The van der Waals surface area contributed by atoms with E-state index in [0.717, 1.165) is 6.42 Å². The van der Waals surface area contributed by atoms with Crippen LogP contribution in [0.4, 0.5) is 0 Å². The summed E-state index contributed by atoms with van der Waals surface area (Å²) in [5.74, 6) is 0.392. The Morgan fingerprint density at radius 2 is 2.15 bits per heavy atom. The van der Waals surface area contributed by atoms with E-state index in [4.69, 9.17) is 10.8 Å². The van der Waals surface area contributed by atoms with Crippen molar-refractivity contribution in [2.24, 2.45) is 5.73 Å². The lowest BCUT2D eigenvalue weighted by Gasteiger charge is -2.22. The van der Waals surface area contributed by atoms with Crippen LogP contribution in [0.3, 0.4) is 0 Å². The van der Waals surface area contributed by atoms with Crippen molar-refractivity contribution in [1.82, 2.24) is 0 Å².